The van der Waals surface area contributed by atoms with Crippen molar-refractivity contribution >= 4 is 34.2 Å². The van der Waals surface area contributed by atoms with Gasteiger partial charge in [0, 0.05) is 11.6 Å². The molecule has 0 N–H and O–H groups in total. The Kier molecular flexibility index (Phi) is 4.11. The summed E-state index contributed by atoms with van der Waals surface area (Å²) in [6.45, 7) is 4.00. The van der Waals surface area contributed by atoms with Crippen LogP contribution < -0.4 is 0 Å². The first kappa shape index (κ1) is 11.2. The molecule has 2 nitrogen and oxygen atoms in total. The lowest BCUT2D eigenvalue weighted by atomic mass is 10.3. The van der Waals surface area contributed by atoms with Gasteiger partial charge in [-0.1, -0.05) is 37.0 Å². The molecule has 0 aliphatic rings. The average Bonchev–Trinajstić information content (AvgIpc) is 2.20. The van der Waals surface area contributed by atoms with Crippen molar-refractivity contribution in [2.75, 3.05) is 0 Å². The number of aromatic nitrogens is 2. The summed E-state index contributed by atoms with van der Waals surface area (Å²) in [7, 11) is 0. The number of rotatable bonds is 0. The smallest absolute Gasteiger partial charge is 0.162 e. The van der Waals surface area contributed by atoms with E-state index in [1.165, 1.54) is 0 Å². The summed E-state index contributed by atoms with van der Waals surface area (Å²) >= 11 is 11.6. The Morgan fingerprint density at radius 3 is 2.64 bits per heavy atom. The number of fused-ring (bicyclic) bond motifs is 1. The monoisotopic (exact) mass is 228 g/mol. The maximum absolute atomic E-state index is 5.90. The Balaban J connectivity index is 0.000000461. The van der Waals surface area contributed by atoms with E-state index in [9.17, 15) is 0 Å². The van der Waals surface area contributed by atoms with Crippen LogP contribution >= 0.6 is 23.2 Å². The first-order valence-corrected chi connectivity index (χ1v) is 5.10. The lowest BCUT2D eigenvalue weighted by molar-refractivity contribution is 1.29. The second-order valence-electron chi connectivity index (χ2n) is 2.30. The van der Waals surface area contributed by atoms with Crippen molar-refractivity contribution in [2.45, 2.75) is 13.8 Å². The quantitative estimate of drug-likeness (QED) is 0.639. The molecule has 4 heteroatoms. The Labute approximate surface area is 92.9 Å². The van der Waals surface area contributed by atoms with Crippen LogP contribution in [-0.2, 0) is 0 Å². The molecule has 0 atom stereocenters. The van der Waals surface area contributed by atoms with Gasteiger partial charge in [-0.2, -0.15) is 0 Å². The molecule has 2 aromatic rings. The van der Waals surface area contributed by atoms with E-state index >= 15 is 0 Å². The molecule has 0 saturated heterocycles. The maximum atomic E-state index is 5.90. The Morgan fingerprint density at radius 2 is 1.93 bits per heavy atom. The molecule has 0 unspecified atom stereocenters. The SMILES string of the molecule is CC.Clc1cc(Cl)c2cccnc2n1. The van der Waals surface area contributed by atoms with Crippen LogP contribution in [0, 0.1) is 0 Å². The van der Waals surface area contributed by atoms with Crippen LogP contribution in [0.2, 0.25) is 10.2 Å². The normalized spacial score (nSPS) is 9.43. The van der Waals surface area contributed by atoms with E-state index in [0.29, 0.717) is 15.8 Å². The molecule has 0 aliphatic heterocycles. The molecule has 0 aromatic carbocycles. The lowest BCUT2D eigenvalue weighted by Gasteiger charge is -1.97. The van der Waals surface area contributed by atoms with Crippen LogP contribution in [0.15, 0.2) is 24.4 Å². The van der Waals surface area contributed by atoms with Crippen molar-refractivity contribution in [3.05, 3.63) is 34.6 Å². The van der Waals surface area contributed by atoms with E-state index in [-0.39, 0.29) is 0 Å². The summed E-state index contributed by atoms with van der Waals surface area (Å²) in [5.74, 6) is 0. The Bertz CT molecular complexity index is 429. The highest BCUT2D eigenvalue weighted by atomic mass is 35.5. The topological polar surface area (TPSA) is 25.8 Å². The standard InChI is InChI=1S/C8H4Cl2N2.C2H6/c9-6-4-7(10)12-8-5(6)2-1-3-11-8;1-2/h1-4H;1-2H3. The molecule has 0 saturated carbocycles. The third kappa shape index (κ3) is 2.34. The van der Waals surface area contributed by atoms with E-state index in [0.717, 1.165) is 5.39 Å². The van der Waals surface area contributed by atoms with Crippen molar-refractivity contribution in [3.8, 4) is 0 Å². The van der Waals surface area contributed by atoms with E-state index < -0.39 is 0 Å². The highest BCUT2D eigenvalue weighted by Crippen LogP contribution is 2.22. The molecule has 0 fully saturated rings. The zero-order valence-electron chi connectivity index (χ0n) is 7.96. The summed E-state index contributed by atoms with van der Waals surface area (Å²) < 4.78 is 0. The number of nitrogens with zero attached hydrogens (tertiary/aromatic N) is 2. The predicted molar refractivity (Wildman–Crippen MR) is 60.9 cm³/mol. The summed E-state index contributed by atoms with van der Waals surface area (Å²) in [6.07, 6.45) is 1.65. The third-order valence-corrected chi connectivity index (χ3v) is 2.01. The first-order chi connectivity index (χ1) is 6.77. The van der Waals surface area contributed by atoms with Crippen molar-refractivity contribution in [1.29, 1.82) is 0 Å². The molecule has 74 valence electrons. The Morgan fingerprint density at radius 1 is 1.21 bits per heavy atom. The van der Waals surface area contributed by atoms with Crippen LogP contribution in [0.3, 0.4) is 0 Å². The van der Waals surface area contributed by atoms with Gasteiger partial charge in [-0.05, 0) is 18.2 Å². The van der Waals surface area contributed by atoms with Gasteiger partial charge >= 0.3 is 0 Å². The predicted octanol–water partition coefficient (Wildman–Crippen LogP) is 3.96. The molecule has 0 amide bonds. The minimum absolute atomic E-state index is 0.367. The molecule has 2 rings (SSSR count). The zero-order chi connectivity index (χ0) is 10.6. The molecule has 0 aliphatic carbocycles. The minimum Gasteiger partial charge on any atom is -0.237 e. The van der Waals surface area contributed by atoms with E-state index in [1.54, 1.807) is 12.3 Å². The number of pyridine rings is 2. The summed E-state index contributed by atoms with van der Waals surface area (Å²) in [5.41, 5.74) is 0.579. The summed E-state index contributed by atoms with van der Waals surface area (Å²) in [4.78, 5) is 8.03. The van der Waals surface area contributed by atoms with Crippen LogP contribution in [0.25, 0.3) is 11.0 Å². The van der Waals surface area contributed by atoms with Crippen molar-refractivity contribution in [1.82, 2.24) is 9.97 Å². The van der Waals surface area contributed by atoms with Crippen molar-refractivity contribution in [3.63, 3.8) is 0 Å². The fourth-order valence-electron chi connectivity index (χ4n) is 0.988. The average molecular weight is 229 g/mol. The van der Waals surface area contributed by atoms with E-state index in [1.807, 2.05) is 26.0 Å². The van der Waals surface area contributed by atoms with Gasteiger partial charge in [-0.15, -0.1) is 0 Å². The first-order valence-electron chi connectivity index (χ1n) is 4.34. The molecule has 0 radical (unpaired) electrons. The molecular weight excluding hydrogens is 219 g/mol. The number of halogens is 2. The molecule has 2 heterocycles. The van der Waals surface area contributed by atoms with Gasteiger partial charge in [0.05, 0.1) is 5.02 Å². The molecule has 0 spiro atoms. The van der Waals surface area contributed by atoms with Gasteiger partial charge in [0.2, 0.25) is 0 Å². The van der Waals surface area contributed by atoms with Gasteiger partial charge in [0.1, 0.15) is 5.15 Å². The summed E-state index contributed by atoms with van der Waals surface area (Å²) in [6, 6.07) is 5.27. The van der Waals surface area contributed by atoms with Gasteiger partial charge in [-0.3, -0.25) is 0 Å². The van der Waals surface area contributed by atoms with Gasteiger partial charge in [-0.25, -0.2) is 9.97 Å². The molecule has 2 aromatic heterocycles. The molecule has 14 heavy (non-hydrogen) atoms. The highest BCUT2D eigenvalue weighted by Gasteiger charge is 2.01. The second kappa shape index (κ2) is 5.13. The maximum Gasteiger partial charge on any atom is 0.162 e. The van der Waals surface area contributed by atoms with Gasteiger partial charge in [0.15, 0.2) is 5.65 Å². The largest absolute Gasteiger partial charge is 0.237 e. The lowest BCUT2D eigenvalue weighted by Crippen LogP contribution is -1.83. The van der Waals surface area contributed by atoms with Crippen molar-refractivity contribution < 1.29 is 0 Å². The number of hydrogen-bond acceptors (Lipinski definition) is 2. The zero-order valence-corrected chi connectivity index (χ0v) is 9.47. The fourth-order valence-corrected chi connectivity index (χ4v) is 1.48. The third-order valence-electron chi connectivity index (χ3n) is 1.50. The second-order valence-corrected chi connectivity index (χ2v) is 3.10. The van der Waals surface area contributed by atoms with Crippen LogP contribution in [0.5, 0.6) is 0 Å². The molecule has 0 bridgehead atoms. The molecular formula is C10H10Cl2N2. The minimum atomic E-state index is 0.367. The van der Waals surface area contributed by atoms with Crippen LogP contribution in [0.4, 0.5) is 0 Å². The number of hydrogen-bond donors (Lipinski definition) is 0. The van der Waals surface area contributed by atoms with Crippen LogP contribution in [-0.4, -0.2) is 9.97 Å². The van der Waals surface area contributed by atoms with Gasteiger partial charge < -0.3 is 0 Å². The Hall–Kier alpha value is -0.860. The van der Waals surface area contributed by atoms with E-state index in [2.05, 4.69) is 9.97 Å². The van der Waals surface area contributed by atoms with Crippen molar-refractivity contribution in [2.24, 2.45) is 0 Å². The van der Waals surface area contributed by atoms with Gasteiger partial charge in [0.25, 0.3) is 0 Å². The highest BCUT2D eigenvalue weighted by molar-refractivity contribution is 6.37. The fraction of sp³-hybridized carbons (Fsp3) is 0.200. The van der Waals surface area contributed by atoms with Crippen LogP contribution in [0.1, 0.15) is 13.8 Å². The van der Waals surface area contributed by atoms with E-state index in [4.69, 9.17) is 23.2 Å². The summed E-state index contributed by atoms with van der Waals surface area (Å²) in [5, 5.41) is 1.77.